The van der Waals surface area contributed by atoms with Gasteiger partial charge in [-0.3, -0.25) is 10.1 Å². The molecule has 0 amide bonds. The minimum atomic E-state index is -0.467. The van der Waals surface area contributed by atoms with Gasteiger partial charge < -0.3 is 11.1 Å². The molecule has 6 heteroatoms. The fourth-order valence-corrected chi connectivity index (χ4v) is 1.02. The van der Waals surface area contributed by atoms with Crippen molar-refractivity contribution >= 4 is 11.5 Å². The maximum atomic E-state index is 10.6. The number of aromatic nitrogens is 1. The van der Waals surface area contributed by atoms with Crippen molar-refractivity contribution in [3.05, 3.63) is 27.9 Å². The average molecular weight is 196 g/mol. The number of nitrogens with zero attached hydrogens (tertiary/aromatic N) is 2. The van der Waals surface area contributed by atoms with Crippen molar-refractivity contribution in [2.45, 2.75) is 6.92 Å². The molecule has 76 valence electrons. The minimum absolute atomic E-state index is 0.0240. The molecule has 1 aromatic rings. The zero-order chi connectivity index (χ0) is 10.6. The first kappa shape index (κ1) is 10.4. The van der Waals surface area contributed by atoms with Gasteiger partial charge in [-0.15, -0.1) is 0 Å². The molecule has 0 unspecified atom stereocenters. The predicted octanol–water partition coefficient (Wildman–Crippen LogP) is 0.669. The van der Waals surface area contributed by atoms with Gasteiger partial charge in [-0.2, -0.15) is 0 Å². The summed E-state index contributed by atoms with van der Waals surface area (Å²) in [6, 6.07) is 3.03. The average Bonchev–Trinajstić information content (AvgIpc) is 2.14. The van der Waals surface area contributed by atoms with Crippen LogP contribution in [0.25, 0.3) is 0 Å². The summed E-state index contributed by atoms with van der Waals surface area (Å²) in [6.07, 6.45) is 0. The zero-order valence-corrected chi connectivity index (χ0v) is 7.86. The molecule has 0 saturated heterocycles. The monoisotopic (exact) mass is 196 g/mol. The lowest BCUT2D eigenvalue weighted by Crippen LogP contribution is -2.15. The van der Waals surface area contributed by atoms with E-state index in [0.29, 0.717) is 13.1 Å². The van der Waals surface area contributed by atoms with Crippen LogP contribution in [0.5, 0.6) is 0 Å². The molecule has 0 spiro atoms. The molecule has 1 heterocycles. The molecule has 6 nitrogen and oxygen atoms in total. The summed E-state index contributed by atoms with van der Waals surface area (Å²) >= 11 is 0. The third kappa shape index (κ3) is 2.40. The highest BCUT2D eigenvalue weighted by atomic mass is 16.6. The molecule has 3 N–H and O–H groups in total. The second kappa shape index (κ2) is 4.52. The van der Waals surface area contributed by atoms with Crippen molar-refractivity contribution in [2.75, 3.05) is 18.4 Å². The van der Waals surface area contributed by atoms with E-state index in [1.54, 1.807) is 13.0 Å². The predicted molar refractivity (Wildman–Crippen MR) is 53.2 cm³/mol. The summed E-state index contributed by atoms with van der Waals surface area (Å²) in [5, 5.41) is 13.4. The number of nitro groups is 1. The fourth-order valence-electron chi connectivity index (χ4n) is 1.02. The van der Waals surface area contributed by atoms with Gasteiger partial charge >= 0.3 is 5.69 Å². The number of aryl methyl sites for hydroxylation is 1. The van der Waals surface area contributed by atoms with Gasteiger partial charge in [-0.1, -0.05) is 0 Å². The number of nitrogens with two attached hydrogens (primary N) is 1. The second-order valence-corrected chi connectivity index (χ2v) is 2.79. The molecule has 0 atom stereocenters. The van der Waals surface area contributed by atoms with E-state index in [-0.39, 0.29) is 11.5 Å². The number of anilines is 1. The molecule has 0 fully saturated rings. The smallest absolute Gasteiger partial charge is 0.311 e. The Kier molecular flexibility index (Phi) is 3.35. The van der Waals surface area contributed by atoms with Crippen molar-refractivity contribution in [1.29, 1.82) is 0 Å². The molecule has 1 rings (SSSR count). The van der Waals surface area contributed by atoms with E-state index in [2.05, 4.69) is 10.3 Å². The summed E-state index contributed by atoms with van der Waals surface area (Å²) in [7, 11) is 0. The van der Waals surface area contributed by atoms with E-state index < -0.39 is 4.92 Å². The molecule has 0 aliphatic carbocycles. The van der Waals surface area contributed by atoms with Crippen LogP contribution in [-0.4, -0.2) is 23.0 Å². The maximum absolute atomic E-state index is 10.6. The maximum Gasteiger partial charge on any atom is 0.311 e. The summed E-state index contributed by atoms with van der Waals surface area (Å²) in [5.41, 5.74) is 5.99. The van der Waals surface area contributed by atoms with Crippen LogP contribution in [0, 0.1) is 17.0 Å². The molecule has 1 aromatic heterocycles. The molecule has 0 saturated carbocycles. The van der Waals surface area contributed by atoms with Gasteiger partial charge in [0, 0.05) is 24.8 Å². The lowest BCUT2D eigenvalue weighted by molar-refractivity contribution is -0.384. The van der Waals surface area contributed by atoms with Crippen molar-refractivity contribution in [1.82, 2.24) is 4.98 Å². The van der Waals surface area contributed by atoms with Gasteiger partial charge in [0.2, 0.25) is 5.82 Å². The highest BCUT2D eigenvalue weighted by Crippen LogP contribution is 2.21. The Labute approximate surface area is 81.3 Å². The summed E-state index contributed by atoms with van der Waals surface area (Å²) in [4.78, 5) is 14.1. The Morgan fingerprint density at radius 1 is 1.64 bits per heavy atom. The van der Waals surface area contributed by atoms with Crippen LogP contribution in [0.1, 0.15) is 5.69 Å². The Balaban J connectivity index is 2.97. The number of nitrogens with one attached hydrogen (secondary N) is 1. The Hall–Kier alpha value is -1.69. The van der Waals surface area contributed by atoms with Gasteiger partial charge in [-0.25, -0.2) is 4.98 Å². The van der Waals surface area contributed by atoms with E-state index in [1.807, 2.05) is 0 Å². The van der Waals surface area contributed by atoms with Gasteiger partial charge in [0.25, 0.3) is 0 Å². The van der Waals surface area contributed by atoms with Gasteiger partial charge in [0.1, 0.15) is 0 Å². The Morgan fingerprint density at radius 3 is 2.93 bits per heavy atom. The minimum Gasteiger partial charge on any atom is -0.363 e. The highest BCUT2D eigenvalue weighted by Gasteiger charge is 2.13. The van der Waals surface area contributed by atoms with Gasteiger partial charge in [0.15, 0.2) is 0 Å². The largest absolute Gasteiger partial charge is 0.363 e. The van der Waals surface area contributed by atoms with Crippen LogP contribution in [-0.2, 0) is 0 Å². The normalized spacial score (nSPS) is 9.86. The number of hydrogen-bond acceptors (Lipinski definition) is 5. The summed E-state index contributed by atoms with van der Waals surface area (Å²) in [6.45, 7) is 2.65. The third-order valence-electron chi connectivity index (χ3n) is 1.65. The SMILES string of the molecule is Cc1ccc([N+](=O)[O-])c(NCCN)n1. The van der Waals surface area contributed by atoms with Crippen LogP contribution in [0.15, 0.2) is 12.1 Å². The second-order valence-electron chi connectivity index (χ2n) is 2.79. The molecule has 0 aliphatic rings. The zero-order valence-electron chi connectivity index (χ0n) is 7.86. The van der Waals surface area contributed by atoms with Crippen LogP contribution >= 0.6 is 0 Å². The van der Waals surface area contributed by atoms with Crippen molar-refractivity contribution in [3.63, 3.8) is 0 Å². The fraction of sp³-hybridized carbons (Fsp3) is 0.375. The van der Waals surface area contributed by atoms with Crippen molar-refractivity contribution < 1.29 is 4.92 Å². The summed E-state index contributed by atoms with van der Waals surface area (Å²) in [5.74, 6) is 0.278. The lowest BCUT2D eigenvalue weighted by atomic mass is 10.3. The van der Waals surface area contributed by atoms with E-state index in [9.17, 15) is 10.1 Å². The van der Waals surface area contributed by atoms with E-state index in [0.717, 1.165) is 5.69 Å². The van der Waals surface area contributed by atoms with Crippen molar-refractivity contribution in [3.8, 4) is 0 Å². The topological polar surface area (TPSA) is 94.1 Å². The molecule has 0 aromatic carbocycles. The molecular formula is C8H12N4O2. The Bertz CT molecular complexity index is 340. The van der Waals surface area contributed by atoms with Crippen LogP contribution in [0.4, 0.5) is 11.5 Å². The van der Waals surface area contributed by atoms with Gasteiger partial charge in [-0.05, 0) is 13.0 Å². The number of rotatable bonds is 4. The first-order valence-electron chi connectivity index (χ1n) is 4.21. The van der Waals surface area contributed by atoms with E-state index in [1.165, 1.54) is 6.07 Å². The third-order valence-corrected chi connectivity index (χ3v) is 1.65. The van der Waals surface area contributed by atoms with Crippen LogP contribution in [0.3, 0.4) is 0 Å². The van der Waals surface area contributed by atoms with Gasteiger partial charge in [0.05, 0.1) is 4.92 Å². The first-order chi connectivity index (χ1) is 6.65. The molecule has 14 heavy (non-hydrogen) atoms. The van der Waals surface area contributed by atoms with Crippen LogP contribution in [0.2, 0.25) is 0 Å². The molecule has 0 aliphatic heterocycles. The molecule has 0 bridgehead atoms. The standard InChI is InChI=1S/C8H12N4O2/c1-6-2-3-7(12(13)14)8(11-6)10-5-4-9/h2-3H,4-5,9H2,1H3,(H,10,11). The molecule has 0 radical (unpaired) electrons. The van der Waals surface area contributed by atoms with E-state index in [4.69, 9.17) is 5.73 Å². The highest BCUT2D eigenvalue weighted by molar-refractivity contribution is 5.55. The lowest BCUT2D eigenvalue weighted by Gasteiger charge is -2.04. The number of hydrogen-bond donors (Lipinski definition) is 2. The summed E-state index contributed by atoms with van der Waals surface area (Å²) < 4.78 is 0. The van der Waals surface area contributed by atoms with Crippen molar-refractivity contribution in [2.24, 2.45) is 5.73 Å². The first-order valence-corrected chi connectivity index (χ1v) is 4.21. The number of pyridine rings is 1. The quantitative estimate of drug-likeness (QED) is 0.545. The van der Waals surface area contributed by atoms with Crippen LogP contribution < -0.4 is 11.1 Å². The Morgan fingerprint density at radius 2 is 2.36 bits per heavy atom. The molecular weight excluding hydrogens is 184 g/mol. The van der Waals surface area contributed by atoms with E-state index >= 15 is 0 Å².